The van der Waals surface area contributed by atoms with E-state index in [0.29, 0.717) is 5.69 Å². The third kappa shape index (κ3) is 3.79. The van der Waals surface area contributed by atoms with Gasteiger partial charge in [-0.25, -0.2) is 4.98 Å². The average Bonchev–Trinajstić information content (AvgIpc) is 3.22. The molecule has 0 amide bonds. The Kier molecular flexibility index (Phi) is 4.45. The number of benzene rings is 1. The second kappa shape index (κ2) is 6.55. The molecule has 25 heavy (non-hydrogen) atoms. The summed E-state index contributed by atoms with van der Waals surface area (Å²) in [6.45, 7) is -0.184. The lowest BCUT2D eigenvalue weighted by molar-refractivity contribution is -0.385. The van der Waals surface area contributed by atoms with Crippen LogP contribution in [0.1, 0.15) is 11.1 Å². The Morgan fingerprint density at radius 3 is 2.76 bits per heavy atom. The maximum Gasteiger partial charge on any atom is 0.416 e. The lowest BCUT2D eigenvalue weighted by Gasteiger charge is -2.13. The molecule has 0 saturated carbocycles. The van der Waals surface area contributed by atoms with Gasteiger partial charge < -0.3 is 5.32 Å². The summed E-state index contributed by atoms with van der Waals surface area (Å²) in [5, 5.41) is 16.3. The summed E-state index contributed by atoms with van der Waals surface area (Å²) in [4.78, 5) is 14.0. The highest BCUT2D eigenvalue weighted by atomic mass is 32.1. The lowest BCUT2D eigenvalue weighted by Crippen LogP contribution is -2.12. The van der Waals surface area contributed by atoms with Crippen LogP contribution in [0, 0.1) is 10.1 Å². The van der Waals surface area contributed by atoms with Crippen LogP contribution in [0.4, 0.5) is 24.5 Å². The molecule has 0 aliphatic rings. The lowest BCUT2D eigenvalue weighted by atomic mass is 10.1. The minimum atomic E-state index is -4.58. The van der Waals surface area contributed by atoms with Crippen molar-refractivity contribution in [1.29, 1.82) is 0 Å². The highest BCUT2D eigenvalue weighted by molar-refractivity contribution is 7.13. The van der Waals surface area contributed by atoms with Gasteiger partial charge in [0.15, 0.2) is 0 Å². The summed E-state index contributed by atoms with van der Waals surface area (Å²) in [5.74, 6) is 0. The fourth-order valence-corrected chi connectivity index (χ4v) is 3.08. The molecule has 6 nitrogen and oxygen atoms in total. The van der Waals surface area contributed by atoms with Crippen LogP contribution < -0.4 is 5.32 Å². The van der Waals surface area contributed by atoms with Crippen LogP contribution in [-0.2, 0) is 12.7 Å². The van der Waals surface area contributed by atoms with Gasteiger partial charge in [-0.15, -0.1) is 11.3 Å². The molecule has 0 bridgehead atoms. The normalized spacial score (nSPS) is 11.5. The van der Waals surface area contributed by atoms with Crippen LogP contribution in [0.2, 0.25) is 0 Å². The Labute approximate surface area is 143 Å². The van der Waals surface area contributed by atoms with Crippen molar-refractivity contribution in [3.05, 3.63) is 69.6 Å². The van der Waals surface area contributed by atoms with Gasteiger partial charge in [-0.1, -0.05) is 0 Å². The average molecular weight is 368 g/mol. The largest absolute Gasteiger partial charge is 0.416 e. The second-order valence-electron chi connectivity index (χ2n) is 5.09. The minimum Gasteiger partial charge on any atom is -0.380 e. The Bertz CT molecular complexity index is 891. The van der Waals surface area contributed by atoms with E-state index in [0.717, 1.165) is 23.2 Å². The van der Waals surface area contributed by atoms with Gasteiger partial charge in [0, 0.05) is 42.1 Å². The zero-order valence-electron chi connectivity index (χ0n) is 12.5. The number of rotatable bonds is 5. The van der Waals surface area contributed by atoms with E-state index in [1.54, 1.807) is 34.7 Å². The van der Waals surface area contributed by atoms with Crippen molar-refractivity contribution in [1.82, 2.24) is 9.55 Å². The van der Waals surface area contributed by atoms with Gasteiger partial charge >= 0.3 is 6.18 Å². The standard InChI is InChI=1S/C15H11F3N4O2S/c16-15(17,18)13-2-1-12(22(23)24)5-10(13)7-20-11-6-14(25-8-11)21-4-3-19-9-21/h1-6,8-9,20H,7H2. The number of nitro groups is 1. The molecule has 0 aliphatic carbocycles. The molecule has 130 valence electrons. The molecule has 0 unspecified atom stereocenters. The maximum atomic E-state index is 13.1. The molecule has 0 atom stereocenters. The molecule has 0 spiro atoms. The number of alkyl halides is 3. The molecule has 2 heterocycles. The predicted octanol–water partition coefficient (Wildman–Crippen LogP) is 4.47. The highest BCUT2D eigenvalue weighted by Crippen LogP contribution is 2.34. The molecular formula is C15H11F3N4O2S. The minimum absolute atomic E-state index is 0.183. The SMILES string of the molecule is O=[N+]([O-])c1ccc(C(F)(F)F)c(CNc2csc(-n3ccnc3)c2)c1. The van der Waals surface area contributed by atoms with Crippen LogP contribution in [-0.4, -0.2) is 14.5 Å². The first-order chi connectivity index (χ1) is 11.8. The fraction of sp³-hybridized carbons (Fsp3) is 0.133. The Morgan fingerprint density at radius 2 is 2.12 bits per heavy atom. The van der Waals surface area contributed by atoms with Crippen LogP contribution in [0.25, 0.3) is 5.00 Å². The number of nitrogens with one attached hydrogen (secondary N) is 1. The maximum absolute atomic E-state index is 13.1. The second-order valence-corrected chi connectivity index (χ2v) is 5.98. The molecule has 0 fully saturated rings. The number of nitro benzene ring substituents is 1. The van der Waals surface area contributed by atoms with Crippen molar-refractivity contribution < 1.29 is 18.1 Å². The van der Waals surface area contributed by atoms with Crippen molar-refractivity contribution >= 4 is 22.7 Å². The van der Waals surface area contributed by atoms with E-state index >= 15 is 0 Å². The number of thiophene rings is 1. The molecule has 0 aliphatic heterocycles. The van der Waals surface area contributed by atoms with Gasteiger partial charge in [0.2, 0.25) is 0 Å². The third-order valence-corrected chi connectivity index (χ3v) is 4.37. The first-order valence-corrected chi connectivity index (χ1v) is 7.88. The zero-order valence-corrected chi connectivity index (χ0v) is 13.3. The number of nitrogens with zero attached hydrogens (tertiary/aromatic N) is 3. The van der Waals surface area contributed by atoms with Crippen LogP contribution >= 0.6 is 11.3 Å². The van der Waals surface area contributed by atoms with Crippen molar-refractivity contribution in [3.8, 4) is 5.00 Å². The van der Waals surface area contributed by atoms with Crippen molar-refractivity contribution in [2.24, 2.45) is 0 Å². The summed E-state index contributed by atoms with van der Waals surface area (Å²) < 4.78 is 41.0. The Morgan fingerprint density at radius 1 is 1.32 bits per heavy atom. The predicted molar refractivity (Wildman–Crippen MR) is 86.9 cm³/mol. The van der Waals surface area contributed by atoms with E-state index in [1.165, 1.54) is 11.3 Å². The van der Waals surface area contributed by atoms with Crippen LogP contribution in [0.15, 0.2) is 48.4 Å². The summed E-state index contributed by atoms with van der Waals surface area (Å²) in [7, 11) is 0. The summed E-state index contributed by atoms with van der Waals surface area (Å²) in [6, 6.07) is 4.30. The number of halogens is 3. The van der Waals surface area contributed by atoms with Gasteiger partial charge in [-0.3, -0.25) is 14.7 Å². The molecule has 3 aromatic rings. The van der Waals surface area contributed by atoms with Gasteiger partial charge in [0.25, 0.3) is 5.69 Å². The van der Waals surface area contributed by atoms with E-state index in [4.69, 9.17) is 0 Å². The highest BCUT2D eigenvalue weighted by Gasteiger charge is 2.34. The number of non-ortho nitro benzene ring substituents is 1. The Hall–Kier alpha value is -2.88. The number of hydrogen-bond acceptors (Lipinski definition) is 5. The number of imidazole rings is 1. The molecule has 10 heteroatoms. The smallest absolute Gasteiger partial charge is 0.380 e. The first-order valence-electron chi connectivity index (χ1n) is 7.00. The molecule has 1 N–H and O–H groups in total. The van der Waals surface area contributed by atoms with Crippen molar-refractivity contribution in [3.63, 3.8) is 0 Å². The van der Waals surface area contributed by atoms with Crippen molar-refractivity contribution in [2.45, 2.75) is 12.7 Å². The molecule has 0 saturated heterocycles. The van der Waals surface area contributed by atoms with Crippen molar-refractivity contribution in [2.75, 3.05) is 5.32 Å². The quantitative estimate of drug-likeness (QED) is 0.533. The molecule has 2 aromatic heterocycles. The van der Waals surface area contributed by atoms with Gasteiger partial charge in [0.1, 0.15) is 5.00 Å². The molecule has 0 radical (unpaired) electrons. The Balaban J connectivity index is 1.82. The fourth-order valence-electron chi connectivity index (χ4n) is 2.26. The van der Waals surface area contributed by atoms with Gasteiger partial charge in [0.05, 0.1) is 16.8 Å². The topological polar surface area (TPSA) is 73.0 Å². The van der Waals surface area contributed by atoms with Crippen LogP contribution in [0.3, 0.4) is 0 Å². The van der Waals surface area contributed by atoms with E-state index in [9.17, 15) is 23.3 Å². The monoisotopic (exact) mass is 368 g/mol. The zero-order chi connectivity index (χ0) is 18.0. The van der Waals surface area contributed by atoms with E-state index in [2.05, 4.69) is 10.3 Å². The van der Waals surface area contributed by atoms with Crippen LogP contribution in [0.5, 0.6) is 0 Å². The van der Waals surface area contributed by atoms with E-state index in [-0.39, 0.29) is 17.8 Å². The molecular weight excluding hydrogens is 357 g/mol. The summed E-state index contributed by atoms with van der Waals surface area (Å²) in [5.41, 5.74) is -0.838. The first kappa shape index (κ1) is 17.0. The van der Waals surface area contributed by atoms with Gasteiger partial charge in [-0.05, 0) is 17.7 Å². The van der Waals surface area contributed by atoms with E-state index in [1.807, 2.05) is 0 Å². The number of anilines is 1. The molecule has 1 aromatic carbocycles. The van der Waals surface area contributed by atoms with Gasteiger partial charge in [-0.2, -0.15) is 13.2 Å². The number of aromatic nitrogens is 2. The number of hydrogen-bond donors (Lipinski definition) is 1. The summed E-state index contributed by atoms with van der Waals surface area (Å²) in [6.07, 6.45) is 0.393. The van der Waals surface area contributed by atoms with E-state index < -0.39 is 16.7 Å². The molecule has 3 rings (SSSR count). The summed E-state index contributed by atoms with van der Waals surface area (Å²) >= 11 is 1.39. The third-order valence-electron chi connectivity index (χ3n) is 3.43.